The fraction of sp³-hybridized carbons (Fsp3) is 0.259. The van der Waals surface area contributed by atoms with Gasteiger partial charge in [-0.1, -0.05) is 67.9 Å². The van der Waals surface area contributed by atoms with Crippen LogP contribution in [0.25, 0.3) is 11.0 Å². The topological polar surface area (TPSA) is 46.9 Å². The molecule has 1 aromatic heterocycles. The molecule has 0 aliphatic carbocycles. The van der Waals surface area contributed by atoms with Gasteiger partial charge in [-0.15, -0.1) is 0 Å². The van der Waals surface area contributed by atoms with Gasteiger partial charge in [-0.25, -0.2) is 4.98 Å². The zero-order valence-corrected chi connectivity index (χ0v) is 19.3. The Morgan fingerprint density at radius 3 is 2.56 bits per heavy atom. The standard InChI is InChI=1S/C27H28ClN3O/c1-19(2)21-14-12-20(13-15-21)18-31-25-10-4-3-9-24(25)30-26(31)11-6-16-29-27(32)22-7-5-8-23(28)17-22/h3-5,7-10,12-15,17,19H,6,11,16,18H2,1-2H3,(H,29,32). The summed E-state index contributed by atoms with van der Waals surface area (Å²) in [5, 5.41) is 3.54. The molecule has 0 unspecified atom stereocenters. The summed E-state index contributed by atoms with van der Waals surface area (Å²) >= 11 is 5.99. The lowest BCUT2D eigenvalue weighted by Crippen LogP contribution is -2.25. The minimum atomic E-state index is -0.105. The van der Waals surface area contributed by atoms with Gasteiger partial charge >= 0.3 is 0 Å². The van der Waals surface area contributed by atoms with Gasteiger partial charge < -0.3 is 9.88 Å². The van der Waals surface area contributed by atoms with Gasteiger partial charge in [0.15, 0.2) is 0 Å². The van der Waals surface area contributed by atoms with Crippen LogP contribution in [0.5, 0.6) is 0 Å². The van der Waals surface area contributed by atoms with Crippen LogP contribution in [-0.2, 0) is 13.0 Å². The lowest BCUT2D eigenvalue weighted by atomic mass is 10.0. The second-order valence-corrected chi connectivity index (χ2v) is 8.81. The van der Waals surface area contributed by atoms with E-state index in [9.17, 15) is 4.79 Å². The van der Waals surface area contributed by atoms with Crippen molar-refractivity contribution in [1.82, 2.24) is 14.9 Å². The highest BCUT2D eigenvalue weighted by Gasteiger charge is 2.12. The number of aryl methyl sites for hydroxylation is 1. The highest BCUT2D eigenvalue weighted by atomic mass is 35.5. The first kappa shape index (κ1) is 22.1. The smallest absolute Gasteiger partial charge is 0.251 e. The molecule has 0 spiro atoms. The van der Waals surface area contributed by atoms with E-state index >= 15 is 0 Å². The maximum atomic E-state index is 12.3. The van der Waals surface area contributed by atoms with E-state index in [1.54, 1.807) is 24.3 Å². The first-order valence-electron chi connectivity index (χ1n) is 11.1. The van der Waals surface area contributed by atoms with Gasteiger partial charge in [-0.3, -0.25) is 4.79 Å². The molecule has 32 heavy (non-hydrogen) atoms. The summed E-state index contributed by atoms with van der Waals surface area (Å²) in [6.07, 6.45) is 1.59. The van der Waals surface area contributed by atoms with Crippen LogP contribution in [-0.4, -0.2) is 22.0 Å². The predicted octanol–water partition coefficient (Wildman–Crippen LogP) is 6.22. The first-order valence-corrected chi connectivity index (χ1v) is 11.5. The van der Waals surface area contributed by atoms with E-state index in [1.807, 2.05) is 6.07 Å². The molecule has 0 fully saturated rings. The second-order valence-electron chi connectivity index (χ2n) is 8.37. The molecule has 0 bridgehead atoms. The van der Waals surface area contributed by atoms with Crippen LogP contribution in [0.2, 0.25) is 5.02 Å². The Morgan fingerprint density at radius 2 is 1.81 bits per heavy atom. The molecule has 0 saturated carbocycles. The minimum Gasteiger partial charge on any atom is -0.352 e. The van der Waals surface area contributed by atoms with Crippen molar-refractivity contribution in [3.05, 3.63) is 100 Å². The van der Waals surface area contributed by atoms with E-state index in [1.165, 1.54) is 11.1 Å². The molecular weight excluding hydrogens is 418 g/mol. The monoisotopic (exact) mass is 445 g/mol. The van der Waals surface area contributed by atoms with Crippen molar-refractivity contribution in [1.29, 1.82) is 0 Å². The van der Waals surface area contributed by atoms with Crippen LogP contribution in [0.4, 0.5) is 0 Å². The number of hydrogen-bond acceptors (Lipinski definition) is 2. The molecule has 4 rings (SSSR count). The molecule has 0 saturated heterocycles. The number of benzene rings is 3. The van der Waals surface area contributed by atoms with Crippen LogP contribution < -0.4 is 5.32 Å². The number of nitrogens with zero attached hydrogens (tertiary/aromatic N) is 2. The molecule has 1 N–H and O–H groups in total. The molecule has 0 aliphatic heterocycles. The number of halogens is 1. The van der Waals surface area contributed by atoms with Crippen molar-refractivity contribution in [2.45, 2.75) is 39.2 Å². The number of rotatable bonds is 8. The average molecular weight is 446 g/mol. The Bertz CT molecular complexity index is 1210. The summed E-state index contributed by atoms with van der Waals surface area (Å²) in [6.45, 7) is 5.78. The number of hydrogen-bond donors (Lipinski definition) is 1. The minimum absolute atomic E-state index is 0.105. The third-order valence-electron chi connectivity index (χ3n) is 5.67. The SMILES string of the molecule is CC(C)c1ccc(Cn2c(CCCNC(=O)c3cccc(Cl)c3)nc3ccccc32)cc1. The van der Waals surface area contributed by atoms with Gasteiger partial charge in [-0.05, 0) is 53.8 Å². The quantitative estimate of drug-likeness (QED) is 0.327. The normalized spacial score (nSPS) is 11.2. The lowest BCUT2D eigenvalue weighted by molar-refractivity contribution is 0.0953. The molecule has 0 aliphatic rings. The Hall–Kier alpha value is -3.11. The van der Waals surface area contributed by atoms with Gasteiger partial charge in [0.05, 0.1) is 11.0 Å². The van der Waals surface area contributed by atoms with E-state index in [0.29, 0.717) is 23.0 Å². The van der Waals surface area contributed by atoms with E-state index in [-0.39, 0.29) is 5.91 Å². The van der Waals surface area contributed by atoms with Gasteiger partial charge in [0, 0.05) is 30.1 Å². The number of amides is 1. The van der Waals surface area contributed by atoms with E-state index in [4.69, 9.17) is 16.6 Å². The Morgan fingerprint density at radius 1 is 1.03 bits per heavy atom. The maximum Gasteiger partial charge on any atom is 0.251 e. The number of fused-ring (bicyclic) bond motifs is 1. The van der Waals surface area contributed by atoms with Crippen molar-refractivity contribution in [2.75, 3.05) is 6.54 Å². The van der Waals surface area contributed by atoms with Crippen molar-refractivity contribution < 1.29 is 4.79 Å². The zero-order chi connectivity index (χ0) is 22.5. The van der Waals surface area contributed by atoms with Gasteiger partial charge in [0.1, 0.15) is 5.82 Å². The summed E-state index contributed by atoms with van der Waals surface area (Å²) in [6, 6.07) is 24.1. The molecule has 164 valence electrons. The molecule has 4 aromatic rings. The molecule has 3 aromatic carbocycles. The maximum absolute atomic E-state index is 12.3. The van der Waals surface area contributed by atoms with E-state index in [2.05, 4.69) is 66.2 Å². The fourth-order valence-electron chi connectivity index (χ4n) is 3.86. The number of para-hydroxylation sites is 2. The largest absolute Gasteiger partial charge is 0.352 e. The van der Waals surface area contributed by atoms with E-state index < -0.39 is 0 Å². The number of carbonyl (C=O) groups excluding carboxylic acids is 1. The Kier molecular flexibility index (Phi) is 6.91. The number of aromatic nitrogens is 2. The molecule has 1 amide bonds. The summed E-state index contributed by atoms with van der Waals surface area (Å²) in [4.78, 5) is 17.2. The van der Waals surface area contributed by atoms with Crippen LogP contribution >= 0.6 is 11.6 Å². The summed E-state index contributed by atoms with van der Waals surface area (Å²) in [5.74, 6) is 1.46. The number of imidazole rings is 1. The van der Waals surface area contributed by atoms with Crippen molar-refractivity contribution >= 4 is 28.5 Å². The highest BCUT2D eigenvalue weighted by Crippen LogP contribution is 2.21. The lowest BCUT2D eigenvalue weighted by Gasteiger charge is -2.12. The molecule has 0 radical (unpaired) electrons. The molecule has 0 atom stereocenters. The molecule has 5 heteroatoms. The zero-order valence-electron chi connectivity index (χ0n) is 18.5. The Balaban J connectivity index is 1.44. The summed E-state index contributed by atoms with van der Waals surface area (Å²) in [5.41, 5.74) is 5.32. The molecular formula is C27H28ClN3O. The fourth-order valence-corrected chi connectivity index (χ4v) is 4.05. The highest BCUT2D eigenvalue weighted by molar-refractivity contribution is 6.30. The number of carbonyl (C=O) groups is 1. The first-order chi connectivity index (χ1) is 15.5. The molecule has 1 heterocycles. The van der Waals surface area contributed by atoms with Crippen molar-refractivity contribution in [3.63, 3.8) is 0 Å². The predicted molar refractivity (Wildman–Crippen MR) is 131 cm³/mol. The van der Waals surface area contributed by atoms with Gasteiger partial charge in [0.25, 0.3) is 5.91 Å². The van der Waals surface area contributed by atoms with E-state index in [0.717, 1.165) is 36.2 Å². The Labute approximate surface area is 194 Å². The summed E-state index contributed by atoms with van der Waals surface area (Å²) < 4.78 is 2.29. The van der Waals surface area contributed by atoms with Crippen LogP contribution in [0.3, 0.4) is 0 Å². The summed E-state index contributed by atoms with van der Waals surface area (Å²) in [7, 11) is 0. The van der Waals surface area contributed by atoms with Crippen LogP contribution in [0.1, 0.15) is 53.5 Å². The average Bonchev–Trinajstić information content (AvgIpc) is 3.14. The molecule has 4 nitrogen and oxygen atoms in total. The van der Waals surface area contributed by atoms with Gasteiger partial charge in [-0.2, -0.15) is 0 Å². The second kappa shape index (κ2) is 10.0. The van der Waals surface area contributed by atoms with Crippen molar-refractivity contribution in [3.8, 4) is 0 Å². The van der Waals surface area contributed by atoms with Crippen molar-refractivity contribution in [2.24, 2.45) is 0 Å². The number of nitrogens with one attached hydrogen (secondary N) is 1. The van der Waals surface area contributed by atoms with Gasteiger partial charge in [0.2, 0.25) is 0 Å². The third kappa shape index (κ3) is 5.20. The van der Waals surface area contributed by atoms with Crippen LogP contribution in [0, 0.1) is 0 Å². The third-order valence-corrected chi connectivity index (χ3v) is 5.91. The van der Waals surface area contributed by atoms with Crippen LogP contribution in [0.15, 0.2) is 72.8 Å².